The zero-order valence-electron chi connectivity index (χ0n) is 20.5. The van der Waals surface area contributed by atoms with E-state index in [1.165, 1.54) is 11.1 Å². The molecule has 178 valence electrons. The molecule has 3 fully saturated rings. The fraction of sp³-hybridized carbons (Fsp3) is 0.607. The zero-order chi connectivity index (χ0) is 23.3. The molecule has 1 atom stereocenters. The molecular weight excluding hydrogens is 412 g/mol. The molecule has 1 aliphatic carbocycles. The number of pyridine rings is 1. The molecule has 1 unspecified atom stereocenters. The molecule has 1 saturated carbocycles. The average Bonchev–Trinajstić information content (AvgIpc) is 3.26. The Balaban J connectivity index is 1.47. The Morgan fingerprint density at radius 2 is 1.67 bits per heavy atom. The van der Waals surface area contributed by atoms with E-state index in [4.69, 9.17) is 9.47 Å². The van der Waals surface area contributed by atoms with Crippen LogP contribution in [0.1, 0.15) is 80.5 Å². The fourth-order valence-corrected chi connectivity index (χ4v) is 6.40. The molecule has 3 heterocycles. The average molecular weight is 451 g/mol. The second kappa shape index (κ2) is 8.46. The standard InChI is InChI=1S/C28H38N2O3/c1-20(2)21-5-7-24(8-6-21)28(31,26(3)18-30(4)19-26)25-15-23(16-29-17-25)22-9-11-27(12-10-22)32-13-14-33-27/h5-8,15-17,20,22,31H,9-14,18-19H2,1-4H3. The number of hydrogen-bond acceptors (Lipinski definition) is 5. The van der Waals surface area contributed by atoms with Crippen LogP contribution in [0.3, 0.4) is 0 Å². The molecule has 2 aliphatic heterocycles. The van der Waals surface area contributed by atoms with Crippen LogP contribution in [0.4, 0.5) is 0 Å². The lowest BCUT2D eigenvalue weighted by Gasteiger charge is -2.56. The Hall–Kier alpha value is -1.79. The highest BCUT2D eigenvalue weighted by Gasteiger charge is 2.55. The maximum Gasteiger partial charge on any atom is 0.168 e. The molecule has 5 rings (SSSR count). The molecule has 0 bridgehead atoms. The van der Waals surface area contributed by atoms with Gasteiger partial charge in [0.1, 0.15) is 5.60 Å². The first-order chi connectivity index (χ1) is 15.7. The summed E-state index contributed by atoms with van der Waals surface area (Å²) in [4.78, 5) is 6.91. The van der Waals surface area contributed by atoms with Gasteiger partial charge in [0.2, 0.25) is 0 Å². The Morgan fingerprint density at radius 1 is 1.03 bits per heavy atom. The summed E-state index contributed by atoms with van der Waals surface area (Å²) >= 11 is 0. The lowest BCUT2D eigenvalue weighted by atomic mass is 9.62. The molecule has 3 aliphatic rings. The number of rotatable bonds is 5. The van der Waals surface area contributed by atoms with Gasteiger partial charge in [0.05, 0.1) is 13.2 Å². The van der Waals surface area contributed by atoms with Crippen LogP contribution in [-0.4, -0.2) is 54.1 Å². The number of nitrogens with zero attached hydrogens (tertiary/aromatic N) is 2. The van der Waals surface area contributed by atoms with Crippen LogP contribution in [0.5, 0.6) is 0 Å². The van der Waals surface area contributed by atoms with Crippen molar-refractivity contribution in [3.63, 3.8) is 0 Å². The van der Waals surface area contributed by atoms with Gasteiger partial charge in [0, 0.05) is 49.3 Å². The second-order valence-electron chi connectivity index (χ2n) is 11.1. The van der Waals surface area contributed by atoms with Crippen molar-refractivity contribution < 1.29 is 14.6 Å². The topological polar surface area (TPSA) is 54.8 Å². The van der Waals surface area contributed by atoms with Gasteiger partial charge in [-0.3, -0.25) is 4.98 Å². The van der Waals surface area contributed by atoms with E-state index in [-0.39, 0.29) is 11.2 Å². The van der Waals surface area contributed by atoms with Crippen LogP contribution in [0, 0.1) is 5.41 Å². The normalized spacial score (nSPS) is 24.7. The number of aliphatic hydroxyl groups is 1. The Morgan fingerprint density at radius 3 is 2.24 bits per heavy atom. The number of benzene rings is 1. The summed E-state index contributed by atoms with van der Waals surface area (Å²) in [6.07, 6.45) is 7.74. The van der Waals surface area contributed by atoms with E-state index >= 15 is 0 Å². The maximum absolute atomic E-state index is 12.5. The van der Waals surface area contributed by atoms with E-state index in [2.05, 4.69) is 68.0 Å². The Labute approximate surface area is 198 Å². The number of hydrogen-bond donors (Lipinski definition) is 1. The molecule has 1 aromatic carbocycles. The molecule has 2 aromatic rings. The van der Waals surface area contributed by atoms with Gasteiger partial charge in [0.15, 0.2) is 5.79 Å². The Kier molecular flexibility index (Phi) is 5.89. The summed E-state index contributed by atoms with van der Waals surface area (Å²) < 4.78 is 11.8. The van der Waals surface area contributed by atoms with Crippen molar-refractivity contribution in [2.45, 2.75) is 69.7 Å². The molecule has 5 nitrogen and oxygen atoms in total. The molecule has 33 heavy (non-hydrogen) atoms. The molecule has 1 spiro atoms. The van der Waals surface area contributed by atoms with Crippen LogP contribution < -0.4 is 0 Å². The van der Waals surface area contributed by atoms with Gasteiger partial charge in [0.25, 0.3) is 0 Å². The minimum absolute atomic E-state index is 0.274. The third kappa shape index (κ3) is 3.93. The Bertz CT molecular complexity index is 967. The SMILES string of the molecule is CC(C)c1ccc(C(O)(c2cncc(C3CCC4(CC3)OCCO4)c2)C2(C)CN(C)C2)cc1. The van der Waals surface area contributed by atoms with Crippen molar-refractivity contribution >= 4 is 0 Å². The molecule has 0 radical (unpaired) electrons. The van der Waals surface area contributed by atoms with E-state index < -0.39 is 5.60 Å². The monoisotopic (exact) mass is 450 g/mol. The smallest absolute Gasteiger partial charge is 0.168 e. The summed E-state index contributed by atoms with van der Waals surface area (Å²) in [5, 5.41) is 12.5. The molecule has 1 N–H and O–H groups in total. The number of likely N-dealkylation sites (tertiary alicyclic amines) is 1. The van der Waals surface area contributed by atoms with Crippen molar-refractivity contribution in [2.75, 3.05) is 33.4 Å². The van der Waals surface area contributed by atoms with E-state index in [1.54, 1.807) is 0 Å². The van der Waals surface area contributed by atoms with Gasteiger partial charge in [-0.25, -0.2) is 0 Å². The van der Waals surface area contributed by atoms with Crippen LogP contribution in [0.15, 0.2) is 42.7 Å². The van der Waals surface area contributed by atoms with Gasteiger partial charge in [-0.2, -0.15) is 0 Å². The second-order valence-corrected chi connectivity index (χ2v) is 11.1. The van der Waals surface area contributed by atoms with Crippen molar-refractivity contribution in [1.29, 1.82) is 0 Å². The van der Waals surface area contributed by atoms with E-state index in [0.29, 0.717) is 25.0 Å². The van der Waals surface area contributed by atoms with E-state index in [9.17, 15) is 5.11 Å². The molecule has 5 heteroatoms. The molecule has 1 aromatic heterocycles. The van der Waals surface area contributed by atoms with Crippen LogP contribution in [-0.2, 0) is 15.1 Å². The fourth-order valence-electron chi connectivity index (χ4n) is 6.40. The summed E-state index contributed by atoms with van der Waals surface area (Å²) in [6.45, 7) is 9.71. The van der Waals surface area contributed by atoms with Crippen molar-refractivity contribution in [2.24, 2.45) is 5.41 Å². The minimum atomic E-state index is -1.09. The van der Waals surface area contributed by atoms with Crippen LogP contribution >= 0.6 is 0 Å². The van der Waals surface area contributed by atoms with Gasteiger partial charge in [-0.1, -0.05) is 45.0 Å². The quantitative estimate of drug-likeness (QED) is 0.710. The summed E-state index contributed by atoms with van der Waals surface area (Å²) in [6, 6.07) is 10.8. The highest BCUT2D eigenvalue weighted by molar-refractivity contribution is 5.42. The highest BCUT2D eigenvalue weighted by Crippen LogP contribution is 2.51. The summed E-state index contributed by atoms with van der Waals surface area (Å²) in [7, 11) is 2.11. The van der Waals surface area contributed by atoms with Crippen molar-refractivity contribution in [3.05, 3.63) is 65.0 Å². The van der Waals surface area contributed by atoms with Gasteiger partial charge in [-0.15, -0.1) is 0 Å². The molecular formula is C28H38N2O3. The third-order valence-corrected chi connectivity index (χ3v) is 8.32. The minimum Gasteiger partial charge on any atom is -0.380 e. The van der Waals surface area contributed by atoms with Crippen LogP contribution in [0.25, 0.3) is 0 Å². The first-order valence-electron chi connectivity index (χ1n) is 12.5. The first-order valence-corrected chi connectivity index (χ1v) is 12.5. The number of aromatic nitrogens is 1. The largest absolute Gasteiger partial charge is 0.380 e. The molecule has 0 amide bonds. The predicted molar refractivity (Wildman–Crippen MR) is 129 cm³/mol. The zero-order valence-corrected chi connectivity index (χ0v) is 20.5. The maximum atomic E-state index is 12.5. The predicted octanol–water partition coefficient (Wildman–Crippen LogP) is 4.79. The first kappa shape index (κ1) is 23.0. The number of ether oxygens (including phenoxy) is 2. The van der Waals surface area contributed by atoms with Crippen molar-refractivity contribution in [3.8, 4) is 0 Å². The summed E-state index contributed by atoms with van der Waals surface area (Å²) in [5.74, 6) is 0.523. The van der Waals surface area contributed by atoms with Gasteiger partial charge in [-0.05, 0) is 54.5 Å². The lowest BCUT2D eigenvalue weighted by Crippen LogP contribution is -2.63. The third-order valence-electron chi connectivity index (χ3n) is 8.32. The lowest BCUT2D eigenvalue weighted by molar-refractivity contribution is -0.178. The van der Waals surface area contributed by atoms with Gasteiger partial charge < -0.3 is 19.5 Å². The van der Waals surface area contributed by atoms with E-state index in [1.807, 2.05) is 12.4 Å². The van der Waals surface area contributed by atoms with Crippen LogP contribution in [0.2, 0.25) is 0 Å². The van der Waals surface area contributed by atoms with E-state index in [0.717, 1.165) is 49.9 Å². The van der Waals surface area contributed by atoms with Crippen molar-refractivity contribution in [1.82, 2.24) is 9.88 Å². The molecule has 2 saturated heterocycles. The summed E-state index contributed by atoms with van der Waals surface area (Å²) in [5.41, 5.74) is 3.00. The van der Waals surface area contributed by atoms with Gasteiger partial charge >= 0.3 is 0 Å². The highest BCUT2D eigenvalue weighted by atomic mass is 16.7.